The Morgan fingerprint density at radius 3 is 2.59 bits per heavy atom. The van der Waals surface area contributed by atoms with E-state index >= 15 is 0 Å². The number of hydrogen-bond acceptors (Lipinski definition) is 3. The molecule has 2 aromatic carbocycles. The molecular weight excluding hydrogens is 380 g/mol. The number of carbonyl (C=O) groups is 1. The molecule has 0 atom stereocenters. The van der Waals surface area contributed by atoms with Gasteiger partial charge >= 0.3 is 5.97 Å². The molecule has 0 aliphatic heterocycles. The van der Waals surface area contributed by atoms with Gasteiger partial charge in [0.05, 0.1) is 5.75 Å². The largest absolute Gasteiger partial charge is 0.490 e. The number of carboxylic acids is 1. The van der Waals surface area contributed by atoms with E-state index in [2.05, 4.69) is 49.4 Å². The second-order valence-electron chi connectivity index (χ2n) is 7.11. The van der Waals surface area contributed by atoms with Gasteiger partial charge in [-0.05, 0) is 66.3 Å². The van der Waals surface area contributed by atoms with E-state index in [1.54, 1.807) is 0 Å². The third-order valence-corrected chi connectivity index (χ3v) is 5.61. The number of benzene rings is 2. The quantitative estimate of drug-likeness (QED) is 0.372. The molecule has 0 fully saturated rings. The Labute approximate surface area is 179 Å². The fourth-order valence-corrected chi connectivity index (χ4v) is 3.70. The number of hydrogen-bond donors (Lipinski definition) is 1. The van der Waals surface area contributed by atoms with Gasteiger partial charge in [-0.3, -0.25) is 4.79 Å². The molecule has 0 aromatic heterocycles. The van der Waals surface area contributed by atoms with Crippen LogP contribution in [0.3, 0.4) is 0 Å². The molecular formula is C25H32O3S. The summed E-state index contributed by atoms with van der Waals surface area (Å²) in [4.78, 5) is 10.5. The Kier molecular flexibility index (Phi) is 11.1. The van der Waals surface area contributed by atoms with Crippen LogP contribution < -0.4 is 4.74 Å². The van der Waals surface area contributed by atoms with Crippen molar-refractivity contribution in [2.75, 3.05) is 18.1 Å². The Balaban J connectivity index is 1.70. The molecule has 29 heavy (non-hydrogen) atoms. The maximum absolute atomic E-state index is 10.5. The maximum Gasteiger partial charge on any atom is 0.313 e. The summed E-state index contributed by atoms with van der Waals surface area (Å²) in [6.45, 7) is 2.77. The molecule has 0 aliphatic rings. The van der Waals surface area contributed by atoms with E-state index < -0.39 is 5.97 Å². The molecule has 2 aromatic rings. The summed E-state index contributed by atoms with van der Waals surface area (Å²) in [5.41, 5.74) is 3.83. The first-order valence-electron chi connectivity index (χ1n) is 10.4. The average Bonchev–Trinajstić information content (AvgIpc) is 2.72. The van der Waals surface area contributed by atoms with Crippen molar-refractivity contribution in [2.24, 2.45) is 0 Å². The summed E-state index contributed by atoms with van der Waals surface area (Å²) in [6.07, 6.45) is 11.0. The van der Waals surface area contributed by atoms with E-state index in [-0.39, 0.29) is 5.75 Å². The van der Waals surface area contributed by atoms with Gasteiger partial charge in [-0.1, -0.05) is 62.2 Å². The van der Waals surface area contributed by atoms with Crippen molar-refractivity contribution in [3.05, 3.63) is 71.3 Å². The van der Waals surface area contributed by atoms with Crippen molar-refractivity contribution in [1.29, 1.82) is 0 Å². The monoisotopic (exact) mass is 412 g/mol. The molecule has 0 spiro atoms. The summed E-state index contributed by atoms with van der Waals surface area (Å²) in [5, 5.41) is 8.65. The van der Waals surface area contributed by atoms with Crippen LogP contribution in [-0.4, -0.2) is 29.2 Å². The summed E-state index contributed by atoms with van der Waals surface area (Å²) >= 11 is 1.47. The molecule has 0 saturated heterocycles. The highest BCUT2D eigenvalue weighted by Gasteiger charge is 2.00. The fraction of sp³-hybridized carbons (Fsp3) is 0.400. The number of thioether (sulfide) groups is 1. The highest BCUT2D eigenvalue weighted by atomic mass is 32.2. The number of carboxylic acid groups (broad SMARTS) is 1. The van der Waals surface area contributed by atoms with Gasteiger partial charge < -0.3 is 9.84 Å². The van der Waals surface area contributed by atoms with Crippen LogP contribution in [0.15, 0.2) is 54.6 Å². The number of rotatable bonds is 14. The Bertz CT molecular complexity index is 753. The van der Waals surface area contributed by atoms with Crippen molar-refractivity contribution >= 4 is 23.8 Å². The van der Waals surface area contributed by atoms with E-state index in [1.807, 2.05) is 18.2 Å². The topological polar surface area (TPSA) is 46.5 Å². The Morgan fingerprint density at radius 1 is 1.03 bits per heavy atom. The third-order valence-electron chi connectivity index (χ3n) is 4.58. The smallest absolute Gasteiger partial charge is 0.313 e. The van der Waals surface area contributed by atoms with Gasteiger partial charge in [0.15, 0.2) is 0 Å². The molecule has 0 unspecified atom stereocenters. The first-order valence-corrected chi connectivity index (χ1v) is 11.6. The maximum atomic E-state index is 10.5. The zero-order valence-electron chi connectivity index (χ0n) is 17.3. The summed E-state index contributed by atoms with van der Waals surface area (Å²) in [6, 6.07) is 16.9. The molecule has 0 saturated carbocycles. The van der Waals surface area contributed by atoms with E-state index in [0.29, 0.717) is 6.61 Å². The van der Waals surface area contributed by atoms with E-state index in [0.717, 1.165) is 30.8 Å². The van der Waals surface area contributed by atoms with Crippen LogP contribution in [0.25, 0.3) is 6.08 Å². The van der Waals surface area contributed by atoms with Crippen LogP contribution >= 0.6 is 11.8 Å². The molecule has 3 nitrogen and oxygen atoms in total. The Hall–Kier alpha value is -2.20. The average molecular weight is 413 g/mol. The summed E-state index contributed by atoms with van der Waals surface area (Å²) < 4.78 is 5.85. The first kappa shape index (κ1) is 23.1. The zero-order chi connectivity index (χ0) is 20.7. The second-order valence-corrected chi connectivity index (χ2v) is 8.21. The van der Waals surface area contributed by atoms with Crippen molar-refractivity contribution in [2.45, 2.75) is 45.4 Å². The van der Waals surface area contributed by atoms with Gasteiger partial charge in [0.2, 0.25) is 0 Å². The van der Waals surface area contributed by atoms with Gasteiger partial charge in [0, 0.05) is 0 Å². The zero-order valence-corrected chi connectivity index (χ0v) is 18.1. The van der Waals surface area contributed by atoms with Crippen molar-refractivity contribution in [1.82, 2.24) is 0 Å². The van der Waals surface area contributed by atoms with Crippen LogP contribution in [-0.2, 0) is 17.6 Å². The number of ether oxygens (including phenoxy) is 1. The molecule has 0 aliphatic carbocycles. The molecule has 4 heteroatoms. The van der Waals surface area contributed by atoms with Gasteiger partial charge in [-0.25, -0.2) is 0 Å². The Morgan fingerprint density at radius 2 is 1.83 bits per heavy atom. The van der Waals surface area contributed by atoms with Gasteiger partial charge in [0.1, 0.15) is 12.4 Å². The van der Waals surface area contributed by atoms with Crippen molar-refractivity contribution in [3.63, 3.8) is 0 Å². The highest BCUT2D eigenvalue weighted by molar-refractivity contribution is 7.99. The van der Waals surface area contributed by atoms with Crippen LogP contribution in [0.2, 0.25) is 0 Å². The lowest BCUT2D eigenvalue weighted by Crippen LogP contribution is -1.99. The lowest BCUT2D eigenvalue weighted by Gasteiger charge is -2.06. The minimum absolute atomic E-state index is 0.178. The second kappa shape index (κ2) is 13.9. The third kappa shape index (κ3) is 10.2. The number of aliphatic carboxylic acids is 1. The van der Waals surface area contributed by atoms with Crippen molar-refractivity contribution < 1.29 is 14.6 Å². The summed E-state index contributed by atoms with van der Waals surface area (Å²) in [5.74, 6) is 1.16. The van der Waals surface area contributed by atoms with Gasteiger partial charge in [0.25, 0.3) is 0 Å². The standard InChI is InChI=1S/C25H32O3S/c1-2-3-4-8-21-13-15-22(16-14-21)10-6-17-28-24-12-5-9-23(19-24)11-7-18-29-20-25(26)27/h5-6,9-10,12-16,19H,2-4,7-8,11,17-18,20H2,1H3,(H,26,27)/b10-6+. The van der Waals surface area contributed by atoms with Crippen LogP contribution in [0.4, 0.5) is 0 Å². The number of unbranched alkanes of at least 4 members (excludes halogenated alkanes) is 2. The fourth-order valence-electron chi connectivity index (χ4n) is 3.03. The molecule has 0 bridgehead atoms. The molecule has 1 N–H and O–H groups in total. The minimum Gasteiger partial charge on any atom is -0.490 e. The van der Waals surface area contributed by atoms with Crippen molar-refractivity contribution in [3.8, 4) is 5.75 Å². The lowest BCUT2D eigenvalue weighted by molar-refractivity contribution is -0.133. The van der Waals surface area contributed by atoms with Crippen LogP contribution in [0, 0.1) is 0 Å². The van der Waals surface area contributed by atoms with Gasteiger partial charge in [-0.2, -0.15) is 11.8 Å². The van der Waals surface area contributed by atoms with Crippen LogP contribution in [0.1, 0.15) is 49.3 Å². The summed E-state index contributed by atoms with van der Waals surface area (Å²) in [7, 11) is 0. The minimum atomic E-state index is -0.749. The molecule has 2 rings (SSSR count). The highest BCUT2D eigenvalue weighted by Crippen LogP contribution is 2.16. The van der Waals surface area contributed by atoms with Gasteiger partial charge in [-0.15, -0.1) is 0 Å². The first-order chi connectivity index (χ1) is 14.2. The van der Waals surface area contributed by atoms with Crippen LogP contribution in [0.5, 0.6) is 5.75 Å². The number of aryl methyl sites for hydroxylation is 2. The van der Waals surface area contributed by atoms with E-state index in [9.17, 15) is 4.79 Å². The predicted octanol–water partition coefficient (Wildman–Crippen LogP) is 6.26. The normalized spacial score (nSPS) is 11.1. The molecule has 0 heterocycles. The van der Waals surface area contributed by atoms with E-state index in [4.69, 9.17) is 9.84 Å². The SMILES string of the molecule is CCCCCc1ccc(/C=C/COc2cccc(CCCSCC(=O)O)c2)cc1. The lowest BCUT2D eigenvalue weighted by atomic mass is 10.1. The predicted molar refractivity (Wildman–Crippen MR) is 124 cm³/mol. The molecule has 0 amide bonds. The molecule has 0 radical (unpaired) electrons. The molecule has 156 valence electrons. The van der Waals surface area contributed by atoms with E-state index in [1.165, 1.54) is 47.7 Å².